The molecule has 3 aromatic rings. The number of carbonyl (C=O) groups is 1. The number of hydrogen-bond donors (Lipinski definition) is 2. The number of ether oxygens (including phenoxy) is 1. The molecule has 0 radical (unpaired) electrons. The van der Waals surface area contributed by atoms with Crippen molar-refractivity contribution in [2.45, 2.75) is 4.90 Å². The summed E-state index contributed by atoms with van der Waals surface area (Å²) in [4.78, 5) is 21.3. The van der Waals surface area contributed by atoms with Crippen LogP contribution in [-0.4, -0.2) is 36.7 Å². The predicted octanol–water partition coefficient (Wildman–Crippen LogP) is 3.35. The Hall–Kier alpha value is -3.37. The zero-order valence-electron chi connectivity index (χ0n) is 16.2. The highest BCUT2D eigenvalue weighted by Crippen LogP contribution is 2.35. The maximum absolute atomic E-state index is 12.8. The largest absolute Gasteiger partial charge is 0.486 e. The fourth-order valence-electron chi connectivity index (χ4n) is 2.83. The van der Waals surface area contributed by atoms with E-state index in [2.05, 4.69) is 20.0 Å². The molecule has 1 amide bonds. The molecule has 0 atom stereocenters. The SMILES string of the molecule is O=C(Nc1ccc(S(=O)(=O)Nc2ncccn2)cc1)C1=C(c2ccccc2)SCCO1. The zero-order chi connectivity index (χ0) is 21.7. The van der Waals surface area contributed by atoms with Crippen molar-refractivity contribution in [3.05, 3.63) is 84.4 Å². The van der Waals surface area contributed by atoms with Gasteiger partial charge < -0.3 is 10.1 Å². The molecular weight excluding hydrogens is 436 g/mol. The summed E-state index contributed by atoms with van der Waals surface area (Å²) in [6, 6.07) is 17.0. The molecule has 0 fully saturated rings. The summed E-state index contributed by atoms with van der Waals surface area (Å²) in [7, 11) is -3.85. The summed E-state index contributed by atoms with van der Waals surface area (Å²) >= 11 is 1.56. The van der Waals surface area contributed by atoms with E-state index in [4.69, 9.17) is 4.74 Å². The van der Waals surface area contributed by atoms with Gasteiger partial charge in [0.25, 0.3) is 15.9 Å². The van der Waals surface area contributed by atoms with Gasteiger partial charge in [0.1, 0.15) is 0 Å². The van der Waals surface area contributed by atoms with Crippen molar-refractivity contribution in [1.29, 1.82) is 0 Å². The number of anilines is 2. The first-order chi connectivity index (χ1) is 15.0. The van der Waals surface area contributed by atoms with Crippen molar-refractivity contribution in [2.75, 3.05) is 22.4 Å². The van der Waals surface area contributed by atoms with Gasteiger partial charge in [-0.05, 0) is 35.9 Å². The van der Waals surface area contributed by atoms with Gasteiger partial charge in [0.15, 0.2) is 5.76 Å². The molecule has 31 heavy (non-hydrogen) atoms. The Balaban J connectivity index is 1.51. The van der Waals surface area contributed by atoms with Crippen LogP contribution in [0.1, 0.15) is 5.56 Å². The van der Waals surface area contributed by atoms with Crippen LogP contribution in [0.15, 0.2) is 83.7 Å². The smallest absolute Gasteiger partial charge is 0.291 e. The highest BCUT2D eigenvalue weighted by atomic mass is 32.2. The number of sulfonamides is 1. The summed E-state index contributed by atoms with van der Waals surface area (Å²) < 4.78 is 32.9. The van der Waals surface area contributed by atoms with Crippen molar-refractivity contribution in [2.24, 2.45) is 0 Å². The van der Waals surface area contributed by atoms with Crippen LogP contribution >= 0.6 is 11.8 Å². The number of nitrogens with one attached hydrogen (secondary N) is 2. The Morgan fingerprint density at radius 2 is 1.68 bits per heavy atom. The molecule has 2 N–H and O–H groups in total. The molecule has 1 aliphatic heterocycles. The van der Waals surface area contributed by atoms with Gasteiger partial charge in [0.2, 0.25) is 5.95 Å². The molecule has 8 nitrogen and oxygen atoms in total. The van der Waals surface area contributed by atoms with Crippen molar-refractivity contribution in [3.8, 4) is 0 Å². The number of rotatable bonds is 6. The summed E-state index contributed by atoms with van der Waals surface area (Å²) in [5.41, 5.74) is 1.35. The first kappa shape index (κ1) is 20.9. The first-order valence-corrected chi connectivity index (χ1v) is 11.8. The van der Waals surface area contributed by atoms with Gasteiger partial charge in [-0.2, -0.15) is 0 Å². The lowest BCUT2D eigenvalue weighted by atomic mass is 10.2. The lowest BCUT2D eigenvalue weighted by Gasteiger charge is -2.20. The molecule has 10 heteroatoms. The van der Waals surface area contributed by atoms with E-state index < -0.39 is 15.9 Å². The van der Waals surface area contributed by atoms with Crippen molar-refractivity contribution < 1.29 is 17.9 Å². The molecule has 0 spiro atoms. The fraction of sp³-hybridized carbons (Fsp3) is 0.0952. The van der Waals surface area contributed by atoms with E-state index in [1.165, 1.54) is 36.7 Å². The maximum atomic E-state index is 12.8. The van der Waals surface area contributed by atoms with Gasteiger partial charge in [0, 0.05) is 23.8 Å². The molecule has 1 aromatic heterocycles. The standard InChI is InChI=1S/C21H18N4O4S2/c26-20(18-19(30-14-13-29-18)15-5-2-1-3-6-15)24-16-7-9-17(10-8-16)31(27,28)25-21-22-11-4-12-23-21/h1-12H,13-14H2,(H,24,26)(H,22,23,25). The predicted molar refractivity (Wildman–Crippen MR) is 120 cm³/mol. The van der Waals surface area contributed by atoms with Gasteiger partial charge in [-0.1, -0.05) is 30.3 Å². The Kier molecular flexibility index (Phi) is 6.19. The third kappa shape index (κ3) is 5.04. The van der Waals surface area contributed by atoms with Crippen LogP contribution in [0, 0.1) is 0 Å². The third-order valence-corrected chi connectivity index (χ3v) is 6.66. The number of amides is 1. The van der Waals surface area contributed by atoms with E-state index >= 15 is 0 Å². The number of carbonyl (C=O) groups excluding carboxylic acids is 1. The normalized spacial score (nSPS) is 13.9. The van der Waals surface area contributed by atoms with Crippen LogP contribution in [0.5, 0.6) is 0 Å². The molecule has 0 aliphatic carbocycles. The molecule has 0 unspecified atom stereocenters. The number of hydrogen-bond acceptors (Lipinski definition) is 7. The number of thioether (sulfide) groups is 1. The van der Waals surface area contributed by atoms with Crippen molar-refractivity contribution in [3.63, 3.8) is 0 Å². The summed E-state index contributed by atoms with van der Waals surface area (Å²) in [5.74, 6) is 0.595. The molecule has 2 aromatic carbocycles. The number of benzene rings is 2. The molecule has 0 bridgehead atoms. The van der Waals surface area contributed by atoms with Gasteiger partial charge in [0.05, 0.1) is 16.4 Å². The van der Waals surface area contributed by atoms with Crippen LogP contribution in [-0.2, 0) is 19.6 Å². The second kappa shape index (κ2) is 9.19. The average molecular weight is 455 g/mol. The molecule has 0 saturated heterocycles. The lowest BCUT2D eigenvalue weighted by Crippen LogP contribution is -2.21. The molecular formula is C21H18N4O4S2. The Morgan fingerprint density at radius 3 is 2.39 bits per heavy atom. The topological polar surface area (TPSA) is 110 Å². The number of nitrogens with zero attached hydrogens (tertiary/aromatic N) is 2. The highest BCUT2D eigenvalue weighted by molar-refractivity contribution is 8.08. The summed E-state index contributed by atoms with van der Waals surface area (Å²) in [6.07, 6.45) is 2.88. The second-order valence-corrected chi connectivity index (χ2v) is 9.17. The van der Waals surface area contributed by atoms with Gasteiger partial charge >= 0.3 is 0 Å². The van der Waals surface area contributed by atoms with Gasteiger partial charge in [-0.3, -0.25) is 4.79 Å². The van der Waals surface area contributed by atoms with Crippen LogP contribution in [0.4, 0.5) is 11.6 Å². The second-order valence-electron chi connectivity index (χ2n) is 6.38. The van der Waals surface area contributed by atoms with E-state index in [0.29, 0.717) is 12.3 Å². The summed E-state index contributed by atoms with van der Waals surface area (Å²) in [6.45, 7) is 0.439. The van der Waals surface area contributed by atoms with E-state index in [1.807, 2.05) is 30.3 Å². The molecule has 0 saturated carbocycles. The van der Waals surface area contributed by atoms with Gasteiger partial charge in [-0.15, -0.1) is 11.8 Å². The average Bonchev–Trinajstić information content (AvgIpc) is 2.80. The van der Waals surface area contributed by atoms with Crippen LogP contribution in [0.3, 0.4) is 0 Å². The van der Waals surface area contributed by atoms with E-state index in [9.17, 15) is 13.2 Å². The Morgan fingerprint density at radius 1 is 0.968 bits per heavy atom. The van der Waals surface area contributed by atoms with E-state index in [0.717, 1.165) is 16.2 Å². The Labute approximate surface area is 183 Å². The molecule has 1 aliphatic rings. The molecule has 158 valence electrons. The summed E-state index contributed by atoms with van der Waals surface area (Å²) in [5, 5.41) is 2.76. The minimum absolute atomic E-state index is 0.0200. The van der Waals surface area contributed by atoms with Crippen molar-refractivity contribution in [1.82, 2.24) is 9.97 Å². The minimum atomic E-state index is -3.85. The fourth-order valence-corrected chi connectivity index (χ4v) is 4.74. The minimum Gasteiger partial charge on any atom is -0.486 e. The highest BCUT2D eigenvalue weighted by Gasteiger charge is 2.23. The van der Waals surface area contributed by atoms with E-state index in [1.54, 1.807) is 17.8 Å². The Bertz CT molecular complexity index is 1200. The number of aromatic nitrogens is 2. The van der Waals surface area contributed by atoms with Crippen molar-refractivity contribution >= 4 is 44.2 Å². The molecule has 4 rings (SSSR count). The van der Waals surface area contributed by atoms with Crippen LogP contribution in [0.25, 0.3) is 4.91 Å². The zero-order valence-corrected chi connectivity index (χ0v) is 17.8. The van der Waals surface area contributed by atoms with Crippen LogP contribution in [0.2, 0.25) is 0 Å². The van der Waals surface area contributed by atoms with Crippen LogP contribution < -0.4 is 10.0 Å². The third-order valence-electron chi connectivity index (χ3n) is 4.24. The lowest BCUT2D eigenvalue weighted by molar-refractivity contribution is -0.115. The quantitative estimate of drug-likeness (QED) is 0.588. The monoisotopic (exact) mass is 454 g/mol. The molecule has 2 heterocycles. The maximum Gasteiger partial charge on any atom is 0.291 e. The van der Waals surface area contributed by atoms with Gasteiger partial charge in [-0.25, -0.2) is 23.1 Å². The first-order valence-electron chi connectivity index (χ1n) is 9.29. The van der Waals surface area contributed by atoms with E-state index in [-0.39, 0.29) is 16.6 Å².